The third-order valence-electron chi connectivity index (χ3n) is 4.70. The van der Waals surface area contributed by atoms with Crippen LogP contribution in [-0.2, 0) is 17.3 Å². The highest BCUT2D eigenvalue weighted by molar-refractivity contribution is 5.27. The Bertz CT molecular complexity index is 969. The van der Waals surface area contributed by atoms with E-state index in [1.54, 1.807) is 29.2 Å². The monoisotopic (exact) mass is 416 g/mol. The molecule has 0 saturated carbocycles. The molecule has 0 aliphatic carbocycles. The number of H-pyrrole nitrogens is 1. The summed E-state index contributed by atoms with van der Waals surface area (Å²) >= 11 is 0. The molecule has 1 aliphatic rings. The number of benzene rings is 1. The zero-order valence-corrected chi connectivity index (χ0v) is 15.2. The summed E-state index contributed by atoms with van der Waals surface area (Å²) in [5, 5.41) is 20.6. The Kier molecular flexibility index (Phi) is 5.82. The van der Waals surface area contributed by atoms with Crippen molar-refractivity contribution in [2.45, 2.75) is 43.6 Å². The second-order valence-electron chi connectivity index (χ2n) is 6.69. The van der Waals surface area contributed by atoms with Crippen LogP contribution in [0.15, 0.2) is 40.1 Å². The molecule has 0 radical (unpaired) electrons. The van der Waals surface area contributed by atoms with Gasteiger partial charge in [-0.05, 0) is 17.7 Å². The molecule has 1 unspecified atom stereocenters. The van der Waals surface area contributed by atoms with Crippen LogP contribution in [0.1, 0.15) is 23.8 Å². The number of nitrogens with zero attached hydrogens (tertiary/aromatic N) is 1. The van der Waals surface area contributed by atoms with Gasteiger partial charge in [-0.1, -0.05) is 12.1 Å². The van der Waals surface area contributed by atoms with E-state index in [1.807, 2.05) is 0 Å². The number of methoxy groups -OCH3 is 1. The van der Waals surface area contributed by atoms with Crippen molar-refractivity contribution in [2.75, 3.05) is 7.11 Å². The number of aliphatic hydroxyl groups excluding tert-OH is 2. The number of halogens is 3. The van der Waals surface area contributed by atoms with Gasteiger partial charge in [-0.3, -0.25) is 14.3 Å². The van der Waals surface area contributed by atoms with Crippen molar-refractivity contribution < 1.29 is 32.9 Å². The molecular weight excluding hydrogens is 397 g/mol. The third kappa shape index (κ3) is 4.52. The molecule has 1 aliphatic heterocycles. The second-order valence-corrected chi connectivity index (χ2v) is 6.69. The Hall–Kier alpha value is -2.63. The second kappa shape index (κ2) is 8.01. The van der Waals surface area contributed by atoms with Gasteiger partial charge in [0, 0.05) is 19.0 Å². The molecule has 1 fully saturated rings. The fourth-order valence-corrected chi connectivity index (χ4v) is 3.22. The summed E-state index contributed by atoms with van der Waals surface area (Å²) in [4.78, 5) is 25.0. The largest absolute Gasteiger partial charge is 0.497 e. The highest BCUT2D eigenvalue weighted by Crippen LogP contribution is 2.32. The van der Waals surface area contributed by atoms with Gasteiger partial charge in [-0.15, -0.1) is 0 Å². The zero-order valence-electron chi connectivity index (χ0n) is 15.2. The standard InChI is InChI=1S/C18H19F3N2O6/c1-28-10-4-2-9(3-5-10)6-12(24)15-13(25)7-14(29-15)23-8-11(18(19,20)21)16(26)22-17(23)27/h2-5,8,12-15,24-25H,6-7H2,1H3,(H,22,26,27)/t12?,13-,14+,15+/m0/s1. The van der Waals surface area contributed by atoms with E-state index in [1.165, 1.54) is 7.11 Å². The minimum Gasteiger partial charge on any atom is -0.497 e. The van der Waals surface area contributed by atoms with Crippen molar-refractivity contribution in [1.29, 1.82) is 0 Å². The summed E-state index contributed by atoms with van der Waals surface area (Å²) in [6.45, 7) is 0. The van der Waals surface area contributed by atoms with Crippen molar-refractivity contribution in [3.8, 4) is 5.75 Å². The average Bonchev–Trinajstić information content (AvgIpc) is 3.03. The van der Waals surface area contributed by atoms with Gasteiger partial charge >= 0.3 is 11.9 Å². The van der Waals surface area contributed by atoms with Gasteiger partial charge in [0.2, 0.25) is 0 Å². The van der Waals surface area contributed by atoms with Gasteiger partial charge in [0.1, 0.15) is 23.6 Å². The normalized spacial score (nSPS) is 23.2. The minimum atomic E-state index is -4.96. The smallest absolute Gasteiger partial charge is 0.423 e. The lowest BCUT2D eigenvalue weighted by Crippen LogP contribution is -2.37. The lowest BCUT2D eigenvalue weighted by molar-refractivity contribution is -0.139. The Morgan fingerprint density at radius 3 is 2.55 bits per heavy atom. The van der Waals surface area contributed by atoms with Gasteiger partial charge in [0.15, 0.2) is 0 Å². The molecule has 0 spiro atoms. The molecule has 4 atom stereocenters. The minimum absolute atomic E-state index is 0.104. The van der Waals surface area contributed by atoms with Crippen LogP contribution in [0.4, 0.5) is 13.2 Å². The quantitative estimate of drug-likeness (QED) is 0.665. The number of nitrogens with one attached hydrogen (secondary N) is 1. The van der Waals surface area contributed by atoms with Crippen LogP contribution >= 0.6 is 0 Å². The molecule has 2 heterocycles. The first-order chi connectivity index (χ1) is 13.6. The van der Waals surface area contributed by atoms with Crippen LogP contribution < -0.4 is 16.0 Å². The molecule has 3 N–H and O–H groups in total. The zero-order chi connectivity index (χ0) is 21.3. The molecule has 1 saturated heterocycles. The van der Waals surface area contributed by atoms with Gasteiger partial charge in [0.25, 0.3) is 5.56 Å². The predicted molar refractivity (Wildman–Crippen MR) is 93.6 cm³/mol. The molecule has 11 heteroatoms. The van der Waals surface area contributed by atoms with Crippen LogP contribution in [0, 0.1) is 0 Å². The Morgan fingerprint density at radius 2 is 1.97 bits per heavy atom. The SMILES string of the molecule is COc1ccc(CC(O)[C@H]2O[C@@H](n3cc(C(F)(F)F)c(=O)[nH]c3=O)C[C@@H]2O)cc1. The summed E-state index contributed by atoms with van der Waals surface area (Å²) in [5.41, 5.74) is -3.51. The number of alkyl halides is 3. The molecule has 2 aromatic rings. The molecule has 1 aromatic heterocycles. The first kappa shape index (κ1) is 21.1. The number of hydrogen-bond acceptors (Lipinski definition) is 6. The number of aliphatic hydroxyl groups is 2. The van der Waals surface area contributed by atoms with E-state index in [2.05, 4.69) is 0 Å². The fraction of sp³-hybridized carbons (Fsp3) is 0.444. The van der Waals surface area contributed by atoms with Crippen molar-refractivity contribution in [3.05, 3.63) is 62.4 Å². The Labute approximate surface area is 162 Å². The number of ether oxygens (including phenoxy) is 2. The Balaban J connectivity index is 1.78. The van der Waals surface area contributed by atoms with E-state index >= 15 is 0 Å². The van der Waals surface area contributed by atoms with Crippen molar-refractivity contribution in [2.24, 2.45) is 0 Å². The number of hydrogen-bond donors (Lipinski definition) is 3. The van der Waals surface area contributed by atoms with Gasteiger partial charge < -0.3 is 19.7 Å². The van der Waals surface area contributed by atoms with E-state index in [4.69, 9.17) is 9.47 Å². The maximum absolute atomic E-state index is 13.0. The Morgan fingerprint density at radius 1 is 1.31 bits per heavy atom. The van der Waals surface area contributed by atoms with E-state index in [0.717, 1.165) is 5.56 Å². The molecule has 0 amide bonds. The molecule has 3 rings (SSSR count). The number of rotatable bonds is 5. The topological polar surface area (TPSA) is 114 Å². The first-order valence-corrected chi connectivity index (χ1v) is 8.67. The van der Waals surface area contributed by atoms with Gasteiger partial charge in [0.05, 0.1) is 19.3 Å². The van der Waals surface area contributed by atoms with Crippen LogP contribution in [0.2, 0.25) is 0 Å². The maximum atomic E-state index is 13.0. The third-order valence-corrected chi connectivity index (χ3v) is 4.70. The summed E-state index contributed by atoms with van der Waals surface area (Å²) in [6, 6.07) is 6.80. The molecule has 158 valence electrons. The van der Waals surface area contributed by atoms with Crippen LogP contribution in [0.25, 0.3) is 0 Å². The van der Waals surface area contributed by atoms with Crippen molar-refractivity contribution in [1.82, 2.24) is 9.55 Å². The van der Waals surface area contributed by atoms with Gasteiger partial charge in [-0.2, -0.15) is 13.2 Å². The molecule has 29 heavy (non-hydrogen) atoms. The fourth-order valence-electron chi connectivity index (χ4n) is 3.22. The van der Waals surface area contributed by atoms with Gasteiger partial charge in [-0.25, -0.2) is 4.79 Å². The van der Waals surface area contributed by atoms with E-state index in [9.17, 15) is 33.0 Å². The number of aromatic amines is 1. The average molecular weight is 416 g/mol. The van der Waals surface area contributed by atoms with Crippen molar-refractivity contribution >= 4 is 0 Å². The number of aromatic nitrogens is 2. The van der Waals surface area contributed by atoms with E-state index in [0.29, 0.717) is 16.5 Å². The summed E-state index contributed by atoms with van der Waals surface area (Å²) in [5.74, 6) is 0.623. The highest BCUT2D eigenvalue weighted by Gasteiger charge is 2.41. The van der Waals surface area contributed by atoms with Crippen LogP contribution in [0.5, 0.6) is 5.75 Å². The van der Waals surface area contributed by atoms with E-state index < -0.39 is 47.5 Å². The lowest BCUT2D eigenvalue weighted by atomic mass is 10.0. The van der Waals surface area contributed by atoms with Crippen LogP contribution in [0.3, 0.4) is 0 Å². The molecule has 1 aromatic carbocycles. The van der Waals surface area contributed by atoms with E-state index in [-0.39, 0.29) is 12.8 Å². The molecule has 8 nitrogen and oxygen atoms in total. The maximum Gasteiger partial charge on any atom is 0.423 e. The predicted octanol–water partition coefficient (Wildman–Crippen LogP) is 0.816. The van der Waals surface area contributed by atoms with Crippen LogP contribution in [-0.4, -0.2) is 45.2 Å². The summed E-state index contributed by atoms with van der Waals surface area (Å²) < 4.78 is 49.9. The van der Waals surface area contributed by atoms with Crippen molar-refractivity contribution in [3.63, 3.8) is 0 Å². The molecular formula is C18H19F3N2O6. The first-order valence-electron chi connectivity index (χ1n) is 8.67. The molecule has 0 bridgehead atoms. The summed E-state index contributed by atoms with van der Waals surface area (Å²) in [6.07, 6.45) is -9.53. The highest BCUT2D eigenvalue weighted by atomic mass is 19.4. The summed E-state index contributed by atoms with van der Waals surface area (Å²) in [7, 11) is 1.51. The lowest BCUT2D eigenvalue weighted by Gasteiger charge is -2.22.